The first-order valence-electron chi connectivity index (χ1n) is 6.31. The molecule has 3 rings (SSSR count). The summed E-state index contributed by atoms with van der Waals surface area (Å²) in [6.07, 6.45) is 5.01. The van der Waals surface area contributed by atoms with E-state index in [1.165, 1.54) is 0 Å². The Hall–Kier alpha value is -2.75. The minimum Gasteiger partial charge on any atom is -0.319 e. The van der Waals surface area contributed by atoms with Crippen LogP contribution in [0.25, 0.3) is 10.8 Å². The molecule has 0 atom stereocenters. The van der Waals surface area contributed by atoms with Crippen molar-refractivity contribution in [3.8, 4) is 0 Å². The minimum absolute atomic E-state index is 0.228. The average molecular weight is 263 g/mol. The summed E-state index contributed by atoms with van der Waals surface area (Å²) in [6, 6.07) is 11.5. The van der Waals surface area contributed by atoms with E-state index in [2.05, 4.69) is 15.3 Å². The highest BCUT2D eigenvalue weighted by Gasteiger charge is 2.11. The number of aromatic nitrogens is 2. The maximum atomic E-state index is 12.3. The van der Waals surface area contributed by atoms with Gasteiger partial charge in [-0.05, 0) is 30.0 Å². The lowest BCUT2D eigenvalue weighted by Gasteiger charge is -2.07. The van der Waals surface area contributed by atoms with Crippen LogP contribution in [0, 0.1) is 6.92 Å². The molecule has 3 aromatic rings. The summed E-state index contributed by atoms with van der Waals surface area (Å²) in [4.78, 5) is 20.6. The number of pyridine rings is 2. The molecule has 0 radical (unpaired) electrons. The van der Waals surface area contributed by atoms with Gasteiger partial charge in [-0.2, -0.15) is 0 Å². The number of anilines is 1. The maximum Gasteiger partial charge on any atom is 0.274 e. The van der Waals surface area contributed by atoms with Crippen molar-refractivity contribution >= 4 is 22.4 Å². The molecule has 1 aromatic carbocycles. The van der Waals surface area contributed by atoms with Gasteiger partial charge >= 0.3 is 0 Å². The summed E-state index contributed by atoms with van der Waals surface area (Å²) in [7, 11) is 0. The Morgan fingerprint density at radius 1 is 1.15 bits per heavy atom. The third kappa shape index (κ3) is 2.36. The Bertz CT molecular complexity index is 778. The monoisotopic (exact) mass is 263 g/mol. The number of amides is 1. The van der Waals surface area contributed by atoms with E-state index >= 15 is 0 Å². The van der Waals surface area contributed by atoms with Crippen LogP contribution >= 0.6 is 0 Å². The molecule has 0 saturated heterocycles. The molecular weight excluding hydrogens is 250 g/mol. The van der Waals surface area contributed by atoms with Gasteiger partial charge in [-0.3, -0.25) is 14.8 Å². The minimum atomic E-state index is -0.228. The van der Waals surface area contributed by atoms with Crippen LogP contribution in [0.1, 0.15) is 16.1 Å². The highest BCUT2D eigenvalue weighted by molar-refractivity contribution is 6.11. The lowest BCUT2D eigenvalue weighted by molar-refractivity contribution is 0.102. The Labute approximate surface area is 116 Å². The summed E-state index contributed by atoms with van der Waals surface area (Å²) in [5, 5.41) is 4.66. The molecule has 0 saturated carbocycles. The molecule has 1 amide bonds. The van der Waals surface area contributed by atoms with E-state index in [0.29, 0.717) is 11.4 Å². The molecule has 2 aromatic heterocycles. The normalized spacial score (nSPS) is 10.4. The largest absolute Gasteiger partial charge is 0.319 e. The molecule has 20 heavy (non-hydrogen) atoms. The molecule has 1 N–H and O–H groups in total. The predicted octanol–water partition coefficient (Wildman–Crippen LogP) is 3.19. The van der Waals surface area contributed by atoms with Crippen molar-refractivity contribution in [2.24, 2.45) is 0 Å². The van der Waals surface area contributed by atoms with Gasteiger partial charge in [0.1, 0.15) is 5.69 Å². The Morgan fingerprint density at radius 2 is 2.00 bits per heavy atom. The SMILES string of the molecule is Cc1cncc(NC(=O)c2nccc3ccccc23)c1. The fourth-order valence-electron chi connectivity index (χ4n) is 2.11. The predicted molar refractivity (Wildman–Crippen MR) is 78.7 cm³/mol. The highest BCUT2D eigenvalue weighted by Crippen LogP contribution is 2.17. The molecule has 0 spiro atoms. The topological polar surface area (TPSA) is 54.9 Å². The summed E-state index contributed by atoms with van der Waals surface area (Å²) >= 11 is 0. The standard InChI is InChI=1S/C16H13N3O/c1-11-8-13(10-17-9-11)19-16(20)15-14-5-3-2-4-12(14)6-7-18-15/h2-10H,1H3,(H,19,20). The zero-order valence-electron chi connectivity index (χ0n) is 11.0. The quantitative estimate of drug-likeness (QED) is 0.772. The molecule has 0 bridgehead atoms. The van der Waals surface area contributed by atoms with Crippen LogP contribution in [-0.2, 0) is 0 Å². The second-order valence-corrected chi connectivity index (χ2v) is 4.59. The maximum absolute atomic E-state index is 12.3. The Kier molecular flexibility index (Phi) is 3.13. The van der Waals surface area contributed by atoms with E-state index < -0.39 is 0 Å². The lowest BCUT2D eigenvalue weighted by Crippen LogP contribution is -2.14. The number of nitrogens with one attached hydrogen (secondary N) is 1. The fourth-order valence-corrected chi connectivity index (χ4v) is 2.11. The number of nitrogens with zero attached hydrogens (tertiary/aromatic N) is 2. The van der Waals surface area contributed by atoms with Crippen LogP contribution in [0.2, 0.25) is 0 Å². The molecule has 4 heteroatoms. The van der Waals surface area contributed by atoms with E-state index in [1.54, 1.807) is 18.6 Å². The van der Waals surface area contributed by atoms with Crippen LogP contribution in [0.15, 0.2) is 55.0 Å². The van der Waals surface area contributed by atoms with E-state index in [0.717, 1.165) is 16.3 Å². The molecule has 0 aliphatic rings. The summed E-state index contributed by atoms with van der Waals surface area (Å²) in [5.41, 5.74) is 2.09. The van der Waals surface area contributed by atoms with E-state index in [-0.39, 0.29) is 5.91 Å². The van der Waals surface area contributed by atoms with Crippen molar-refractivity contribution in [3.05, 3.63) is 66.2 Å². The van der Waals surface area contributed by atoms with Gasteiger partial charge in [-0.1, -0.05) is 24.3 Å². The second-order valence-electron chi connectivity index (χ2n) is 4.59. The Morgan fingerprint density at radius 3 is 2.85 bits per heavy atom. The summed E-state index contributed by atoms with van der Waals surface area (Å²) in [6.45, 7) is 1.93. The number of carbonyl (C=O) groups excluding carboxylic acids is 1. The van der Waals surface area contributed by atoms with Gasteiger partial charge in [-0.15, -0.1) is 0 Å². The van der Waals surface area contributed by atoms with E-state index in [9.17, 15) is 4.79 Å². The van der Waals surface area contributed by atoms with Gasteiger partial charge in [-0.25, -0.2) is 0 Å². The van der Waals surface area contributed by atoms with Gasteiger partial charge in [0.2, 0.25) is 0 Å². The first-order chi connectivity index (χ1) is 9.74. The van der Waals surface area contributed by atoms with Crippen LogP contribution in [0.5, 0.6) is 0 Å². The smallest absolute Gasteiger partial charge is 0.274 e. The molecule has 0 aliphatic carbocycles. The molecular formula is C16H13N3O. The van der Waals surface area contributed by atoms with Crippen molar-refractivity contribution in [1.82, 2.24) is 9.97 Å². The number of rotatable bonds is 2. The van der Waals surface area contributed by atoms with Crippen molar-refractivity contribution in [1.29, 1.82) is 0 Å². The second kappa shape index (κ2) is 5.09. The van der Waals surface area contributed by atoms with Crippen molar-refractivity contribution < 1.29 is 4.79 Å². The van der Waals surface area contributed by atoms with E-state index in [1.807, 2.05) is 43.3 Å². The number of aryl methyl sites for hydroxylation is 1. The van der Waals surface area contributed by atoms with Gasteiger partial charge in [0.25, 0.3) is 5.91 Å². The summed E-state index contributed by atoms with van der Waals surface area (Å²) < 4.78 is 0. The average Bonchev–Trinajstić information content (AvgIpc) is 2.46. The molecule has 0 unspecified atom stereocenters. The fraction of sp³-hybridized carbons (Fsp3) is 0.0625. The van der Waals surface area contributed by atoms with Crippen LogP contribution in [-0.4, -0.2) is 15.9 Å². The van der Waals surface area contributed by atoms with Gasteiger partial charge < -0.3 is 5.32 Å². The third-order valence-corrected chi connectivity index (χ3v) is 3.02. The van der Waals surface area contributed by atoms with Gasteiger partial charge in [0.15, 0.2) is 0 Å². The Balaban J connectivity index is 1.97. The number of fused-ring (bicyclic) bond motifs is 1. The number of hydrogen-bond donors (Lipinski definition) is 1. The van der Waals surface area contributed by atoms with Gasteiger partial charge in [0, 0.05) is 17.8 Å². The first-order valence-corrected chi connectivity index (χ1v) is 6.31. The molecule has 4 nitrogen and oxygen atoms in total. The highest BCUT2D eigenvalue weighted by atomic mass is 16.1. The zero-order chi connectivity index (χ0) is 13.9. The molecule has 0 fully saturated rings. The van der Waals surface area contributed by atoms with Crippen LogP contribution in [0.4, 0.5) is 5.69 Å². The molecule has 0 aliphatic heterocycles. The van der Waals surface area contributed by atoms with Crippen molar-refractivity contribution in [3.63, 3.8) is 0 Å². The van der Waals surface area contributed by atoms with Crippen LogP contribution < -0.4 is 5.32 Å². The number of carbonyl (C=O) groups is 1. The number of hydrogen-bond acceptors (Lipinski definition) is 3. The van der Waals surface area contributed by atoms with E-state index in [4.69, 9.17) is 0 Å². The number of benzene rings is 1. The van der Waals surface area contributed by atoms with Crippen LogP contribution in [0.3, 0.4) is 0 Å². The molecule has 98 valence electrons. The third-order valence-electron chi connectivity index (χ3n) is 3.02. The van der Waals surface area contributed by atoms with Crippen molar-refractivity contribution in [2.45, 2.75) is 6.92 Å². The lowest BCUT2D eigenvalue weighted by atomic mass is 10.1. The molecule has 2 heterocycles. The van der Waals surface area contributed by atoms with Crippen molar-refractivity contribution in [2.75, 3.05) is 5.32 Å². The first kappa shape index (κ1) is 12.3. The zero-order valence-corrected chi connectivity index (χ0v) is 11.0. The summed E-state index contributed by atoms with van der Waals surface area (Å²) in [5.74, 6) is -0.228. The van der Waals surface area contributed by atoms with Gasteiger partial charge in [0.05, 0.1) is 11.9 Å².